The quantitative estimate of drug-likeness (QED) is 0.874. The average Bonchev–Trinajstić information content (AvgIpc) is 2.45. The highest BCUT2D eigenvalue weighted by Gasteiger charge is 2.36. The molecule has 112 valence electrons. The molecule has 0 amide bonds. The van der Waals surface area contributed by atoms with Gasteiger partial charge < -0.3 is 5.32 Å². The summed E-state index contributed by atoms with van der Waals surface area (Å²) in [7, 11) is -3.26. The van der Waals surface area contributed by atoms with Gasteiger partial charge in [0, 0.05) is 10.5 Å². The molecule has 5 heteroatoms. The molecule has 0 aromatic heterocycles. The van der Waals surface area contributed by atoms with Crippen LogP contribution in [-0.2, 0) is 9.84 Å². The van der Waals surface area contributed by atoms with E-state index in [0.717, 1.165) is 43.1 Å². The molecule has 1 fully saturated rings. The predicted octanol–water partition coefficient (Wildman–Crippen LogP) is 3.53. The summed E-state index contributed by atoms with van der Waals surface area (Å²) in [6.07, 6.45) is 4.86. The van der Waals surface area contributed by atoms with Crippen LogP contribution >= 0.6 is 15.9 Å². The minimum atomic E-state index is -3.26. The molecule has 1 N–H and O–H groups in total. The van der Waals surface area contributed by atoms with E-state index < -0.39 is 9.84 Å². The van der Waals surface area contributed by atoms with Crippen LogP contribution in [0.4, 0.5) is 0 Å². The van der Waals surface area contributed by atoms with Crippen molar-refractivity contribution in [1.29, 1.82) is 0 Å². The van der Waals surface area contributed by atoms with Crippen molar-refractivity contribution in [2.24, 2.45) is 0 Å². The molecule has 1 saturated carbocycles. The van der Waals surface area contributed by atoms with E-state index in [1.165, 1.54) is 0 Å². The van der Waals surface area contributed by atoms with E-state index in [1.807, 2.05) is 6.07 Å². The largest absolute Gasteiger partial charge is 0.313 e. The number of sulfone groups is 1. The molecule has 0 spiro atoms. The summed E-state index contributed by atoms with van der Waals surface area (Å²) in [5, 5.41) is 3.13. The molecule has 3 nitrogen and oxygen atoms in total. The fourth-order valence-electron chi connectivity index (χ4n) is 2.85. The SMILES string of the molecule is CCCNC1CCCCC1S(=O)(=O)c1cccc(Br)c1. The van der Waals surface area contributed by atoms with Crippen molar-refractivity contribution in [3.05, 3.63) is 28.7 Å². The fraction of sp³-hybridized carbons (Fsp3) is 0.600. The van der Waals surface area contributed by atoms with E-state index in [0.29, 0.717) is 4.90 Å². The molecule has 0 heterocycles. The standard InChI is InChI=1S/C15H22BrNO2S/c1-2-10-17-14-8-3-4-9-15(14)20(18,19)13-7-5-6-12(16)11-13/h5-7,11,14-15,17H,2-4,8-10H2,1H3. The molecule has 2 rings (SSSR count). The maximum absolute atomic E-state index is 12.9. The van der Waals surface area contributed by atoms with Gasteiger partial charge in [-0.2, -0.15) is 0 Å². The van der Waals surface area contributed by atoms with Crippen molar-refractivity contribution in [2.45, 2.75) is 55.2 Å². The summed E-state index contributed by atoms with van der Waals surface area (Å²) < 4.78 is 26.5. The third kappa shape index (κ3) is 3.62. The van der Waals surface area contributed by atoms with Crippen LogP contribution in [0, 0.1) is 0 Å². The van der Waals surface area contributed by atoms with Gasteiger partial charge in [-0.15, -0.1) is 0 Å². The highest BCUT2D eigenvalue weighted by atomic mass is 79.9. The van der Waals surface area contributed by atoms with Gasteiger partial charge in [-0.3, -0.25) is 0 Å². The van der Waals surface area contributed by atoms with E-state index in [1.54, 1.807) is 18.2 Å². The summed E-state index contributed by atoms with van der Waals surface area (Å²) in [5.41, 5.74) is 0. The van der Waals surface area contributed by atoms with Crippen LogP contribution in [0.15, 0.2) is 33.6 Å². The lowest BCUT2D eigenvalue weighted by atomic mass is 9.95. The molecule has 1 aromatic carbocycles. The molecular formula is C15H22BrNO2S. The Hall–Kier alpha value is -0.390. The van der Waals surface area contributed by atoms with Crippen LogP contribution < -0.4 is 5.32 Å². The van der Waals surface area contributed by atoms with Gasteiger partial charge in [0.05, 0.1) is 10.1 Å². The number of hydrogen-bond acceptors (Lipinski definition) is 3. The first kappa shape index (κ1) is 16.0. The Labute approximate surface area is 130 Å². The lowest BCUT2D eigenvalue weighted by molar-refractivity contribution is 0.371. The van der Waals surface area contributed by atoms with Gasteiger partial charge >= 0.3 is 0 Å². The molecule has 20 heavy (non-hydrogen) atoms. The number of hydrogen-bond donors (Lipinski definition) is 1. The molecule has 1 aliphatic carbocycles. The molecule has 2 unspecified atom stereocenters. The summed E-state index contributed by atoms with van der Waals surface area (Å²) >= 11 is 3.36. The van der Waals surface area contributed by atoms with Gasteiger partial charge in [-0.1, -0.05) is 41.8 Å². The monoisotopic (exact) mass is 359 g/mol. The lowest BCUT2D eigenvalue weighted by Gasteiger charge is -2.32. The van der Waals surface area contributed by atoms with E-state index in [9.17, 15) is 8.42 Å². The minimum Gasteiger partial charge on any atom is -0.313 e. The van der Waals surface area contributed by atoms with Gasteiger partial charge in [0.25, 0.3) is 0 Å². The number of nitrogens with one attached hydrogen (secondary N) is 1. The maximum Gasteiger partial charge on any atom is 0.182 e. The molecule has 1 aliphatic rings. The van der Waals surface area contributed by atoms with E-state index in [2.05, 4.69) is 28.2 Å². The van der Waals surface area contributed by atoms with E-state index in [4.69, 9.17) is 0 Å². The van der Waals surface area contributed by atoms with Crippen molar-refractivity contribution >= 4 is 25.8 Å². The summed E-state index contributed by atoms with van der Waals surface area (Å²) in [6.45, 7) is 2.99. The molecule has 0 aliphatic heterocycles. The molecular weight excluding hydrogens is 338 g/mol. The summed E-state index contributed by atoms with van der Waals surface area (Å²) in [4.78, 5) is 0.432. The number of halogens is 1. The molecule has 2 atom stereocenters. The highest BCUT2D eigenvalue weighted by molar-refractivity contribution is 9.10. The van der Waals surface area contributed by atoms with Crippen LogP contribution in [0.1, 0.15) is 39.0 Å². The first-order chi connectivity index (χ1) is 9.55. The third-order valence-corrected chi connectivity index (χ3v) is 6.65. The van der Waals surface area contributed by atoms with Crippen molar-refractivity contribution in [2.75, 3.05) is 6.54 Å². The minimum absolute atomic E-state index is 0.0904. The van der Waals surface area contributed by atoms with Crippen LogP contribution in [0.5, 0.6) is 0 Å². The normalized spacial score (nSPS) is 23.7. The Kier molecular flexibility index (Phi) is 5.64. The van der Waals surface area contributed by atoms with Crippen molar-refractivity contribution in [1.82, 2.24) is 5.32 Å². The van der Waals surface area contributed by atoms with Crippen molar-refractivity contribution in [3.63, 3.8) is 0 Å². The first-order valence-electron chi connectivity index (χ1n) is 7.28. The van der Waals surface area contributed by atoms with Crippen molar-refractivity contribution < 1.29 is 8.42 Å². The van der Waals surface area contributed by atoms with Crippen LogP contribution in [0.2, 0.25) is 0 Å². The Balaban J connectivity index is 2.26. The first-order valence-corrected chi connectivity index (χ1v) is 9.62. The average molecular weight is 360 g/mol. The van der Waals surface area contributed by atoms with E-state index >= 15 is 0 Å². The van der Waals surface area contributed by atoms with Gasteiger partial charge in [0.1, 0.15) is 0 Å². The third-order valence-electron chi connectivity index (χ3n) is 3.88. The maximum atomic E-state index is 12.9. The molecule has 0 saturated heterocycles. The van der Waals surface area contributed by atoms with Crippen LogP contribution in [0.3, 0.4) is 0 Å². The second kappa shape index (κ2) is 7.05. The second-order valence-corrected chi connectivity index (χ2v) is 8.47. The smallest absolute Gasteiger partial charge is 0.182 e. The lowest BCUT2D eigenvalue weighted by Crippen LogP contribution is -2.46. The Morgan fingerprint density at radius 2 is 2.05 bits per heavy atom. The number of benzene rings is 1. The fourth-order valence-corrected chi connectivity index (χ4v) is 5.45. The Morgan fingerprint density at radius 3 is 2.75 bits per heavy atom. The van der Waals surface area contributed by atoms with Gasteiger partial charge in [0.2, 0.25) is 0 Å². The zero-order valence-corrected chi connectivity index (χ0v) is 14.2. The van der Waals surface area contributed by atoms with E-state index in [-0.39, 0.29) is 11.3 Å². The van der Waals surface area contributed by atoms with Gasteiger partial charge in [0.15, 0.2) is 9.84 Å². The predicted molar refractivity (Wildman–Crippen MR) is 85.7 cm³/mol. The second-order valence-electron chi connectivity index (χ2n) is 5.39. The Bertz CT molecular complexity index is 545. The van der Waals surface area contributed by atoms with Crippen LogP contribution in [-0.4, -0.2) is 26.3 Å². The van der Waals surface area contributed by atoms with Crippen LogP contribution in [0.25, 0.3) is 0 Å². The highest BCUT2D eigenvalue weighted by Crippen LogP contribution is 2.30. The van der Waals surface area contributed by atoms with Gasteiger partial charge in [-0.05, 0) is 44.0 Å². The summed E-state index contributed by atoms with van der Waals surface area (Å²) in [6, 6.07) is 7.14. The molecule has 0 bridgehead atoms. The zero-order chi connectivity index (χ0) is 14.6. The topological polar surface area (TPSA) is 46.2 Å². The number of rotatable bonds is 5. The molecule has 1 aromatic rings. The van der Waals surface area contributed by atoms with Crippen molar-refractivity contribution in [3.8, 4) is 0 Å². The molecule has 0 radical (unpaired) electrons. The summed E-state index contributed by atoms with van der Waals surface area (Å²) in [5.74, 6) is 0. The Morgan fingerprint density at radius 1 is 1.30 bits per heavy atom. The van der Waals surface area contributed by atoms with Gasteiger partial charge in [-0.25, -0.2) is 8.42 Å². The zero-order valence-electron chi connectivity index (χ0n) is 11.8.